The number of hydrogen-bond acceptors (Lipinski definition) is 8. The first-order valence-corrected chi connectivity index (χ1v) is 13.1. The van der Waals surface area contributed by atoms with Gasteiger partial charge in [0.05, 0.1) is 16.3 Å². The molecule has 0 saturated heterocycles. The molecule has 1 aromatic carbocycles. The normalized spacial score (nSPS) is 16.6. The molecule has 0 unspecified atom stereocenters. The zero-order valence-electron chi connectivity index (χ0n) is 19.1. The summed E-state index contributed by atoms with van der Waals surface area (Å²) in [5.74, 6) is 0. The third-order valence-electron chi connectivity index (χ3n) is 4.62. The lowest BCUT2D eigenvalue weighted by Crippen LogP contribution is -2.51. The molecule has 10 nitrogen and oxygen atoms in total. The number of nitrogens with one attached hydrogen (secondary N) is 1. The minimum atomic E-state index is -4.12. The fourth-order valence-corrected chi connectivity index (χ4v) is 6.95. The quantitative estimate of drug-likeness (QED) is 0.204. The van der Waals surface area contributed by atoms with Crippen LogP contribution >= 0.6 is 7.37 Å². The van der Waals surface area contributed by atoms with Crippen LogP contribution in [0, 0.1) is 10.1 Å². The fraction of sp³-hybridized carbons (Fsp3) is 0.684. The van der Waals surface area contributed by atoms with E-state index in [2.05, 4.69) is 4.72 Å². The average Bonchev–Trinajstić information content (AvgIpc) is 2.66. The van der Waals surface area contributed by atoms with Gasteiger partial charge in [-0.25, -0.2) is 8.42 Å². The van der Waals surface area contributed by atoms with Gasteiger partial charge in [0.2, 0.25) is 16.1 Å². The highest BCUT2D eigenvalue weighted by atomic mass is 32.2. The van der Waals surface area contributed by atoms with Crippen LogP contribution in [-0.2, 0) is 33.9 Å². The molecule has 0 amide bonds. The molecule has 0 spiro atoms. The largest absolute Gasteiger partial charge is 0.345 e. The van der Waals surface area contributed by atoms with Gasteiger partial charge in [0, 0.05) is 25.3 Å². The second-order valence-electron chi connectivity index (χ2n) is 7.83. The van der Waals surface area contributed by atoms with E-state index in [0.717, 1.165) is 0 Å². The Morgan fingerprint density at radius 2 is 1.52 bits per heavy atom. The van der Waals surface area contributed by atoms with E-state index in [1.807, 2.05) is 0 Å². The maximum absolute atomic E-state index is 14.4. The number of ether oxygens (including phenoxy) is 2. The van der Waals surface area contributed by atoms with Crippen molar-refractivity contribution >= 4 is 23.1 Å². The molecular formula is C19H33N2O8PS. The monoisotopic (exact) mass is 480 g/mol. The predicted octanol–water partition coefficient (Wildman–Crippen LogP) is 4.16. The standard InChI is InChI=1S/C19H33N2O8PS/c1-8-27-17(28-9-2)30(24,29-10-3)19(7,20-31(25,26)18(4,5)6)15-11-13-16(14-12-15)21(22)23/h11-14,17,20H,8-10H2,1-7H3/t19-,30-/m1/s1. The van der Waals surface area contributed by atoms with Crippen LogP contribution in [0.5, 0.6) is 0 Å². The summed E-state index contributed by atoms with van der Waals surface area (Å²) < 4.78 is 58.8. The van der Waals surface area contributed by atoms with Crippen LogP contribution in [0.25, 0.3) is 0 Å². The van der Waals surface area contributed by atoms with Gasteiger partial charge in [-0.05, 0) is 66.2 Å². The predicted molar refractivity (Wildman–Crippen MR) is 119 cm³/mol. The van der Waals surface area contributed by atoms with Crippen LogP contribution < -0.4 is 4.72 Å². The summed E-state index contributed by atoms with van der Waals surface area (Å²) in [5, 5.41) is 9.24. The summed E-state index contributed by atoms with van der Waals surface area (Å²) in [6.45, 7) is 11.2. The molecule has 31 heavy (non-hydrogen) atoms. The lowest BCUT2D eigenvalue weighted by molar-refractivity contribution is -0.384. The first-order chi connectivity index (χ1) is 14.2. The van der Waals surface area contributed by atoms with Gasteiger partial charge in [0.25, 0.3) is 13.1 Å². The first-order valence-electron chi connectivity index (χ1n) is 9.96. The Morgan fingerprint density at radius 1 is 1.03 bits per heavy atom. The van der Waals surface area contributed by atoms with E-state index >= 15 is 0 Å². The highest BCUT2D eigenvalue weighted by Crippen LogP contribution is 2.67. The van der Waals surface area contributed by atoms with E-state index in [1.54, 1.807) is 20.8 Å². The summed E-state index contributed by atoms with van der Waals surface area (Å²) in [6, 6.07) is 3.77. The molecule has 0 fully saturated rings. The second kappa shape index (κ2) is 10.5. The van der Waals surface area contributed by atoms with Crippen molar-refractivity contribution in [1.82, 2.24) is 4.72 Å². The number of benzene rings is 1. The van der Waals surface area contributed by atoms with Crippen LogP contribution in [0.2, 0.25) is 0 Å². The lowest BCUT2D eigenvalue weighted by atomic mass is 10.1. The van der Waals surface area contributed by atoms with E-state index in [0.29, 0.717) is 0 Å². The molecule has 0 heterocycles. The van der Waals surface area contributed by atoms with E-state index in [9.17, 15) is 23.1 Å². The summed E-state index contributed by atoms with van der Waals surface area (Å²) in [4.78, 5) is 10.5. The minimum absolute atomic E-state index is 0.00621. The Kier molecular flexibility index (Phi) is 9.38. The molecule has 1 N–H and O–H groups in total. The third kappa shape index (κ3) is 5.91. The molecular weight excluding hydrogens is 447 g/mol. The van der Waals surface area contributed by atoms with Crippen molar-refractivity contribution in [1.29, 1.82) is 0 Å². The van der Waals surface area contributed by atoms with Crippen molar-refractivity contribution < 1.29 is 31.9 Å². The van der Waals surface area contributed by atoms with E-state index in [4.69, 9.17) is 14.0 Å². The molecule has 0 aliphatic rings. The third-order valence-corrected chi connectivity index (χ3v) is 10.2. The van der Waals surface area contributed by atoms with Crippen LogP contribution in [-0.4, -0.2) is 43.9 Å². The van der Waals surface area contributed by atoms with Gasteiger partial charge in [0.1, 0.15) is 5.28 Å². The Balaban J connectivity index is 3.83. The molecule has 0 aromatic heterocycles. The molecule has 0 bridgehead atoms. The van der Waals surface area contributed by atoms with Gasteiger partial charge < -0.3 is 14.0 Å². The van der Waals surface area contributed by atoms with Crippen molar-refractivity contribution in [3.8, 4) is 0 Å². The van der Waals surface area contributed by atoms with Gasteiger partial charge in [-0.2, -0.15) is 4.72 Å². The van der Waals surface area contributed by atoms with Crippen LogP contribution in [0.1, 0.15) is 54.0 Å². The maximum Gasteiger partial charge on any atom is 0.282 e. The fourth-order valence-electron chi connectivity index (χ4n) is 2.75. The number of nitrogens with zero attached hydrogens (tertiary/aromatic N) is 1. The smallest absolute Gasteiger partial charge is 0.282 e. The Labute approximate surface area is 184 Å². The molecule has 1 rings (SSSR count). The molecule has 0 saturated carbocycles. The summed E-state index contributed by atoms with van der Waals surface area (Å²) in [5.41, 5.74) is 0.0225. The van der Waals surface area contributed by atoms with Gasteiger partial charge in [-0.15, -0.1) is 0 Å². The van der Waals surface area contributed by atoms with Crippen LogP contribution in [0.3, 0.4) is 0 Å². The summed E-state index contributed by atoms with van der Waals surface area (Å²) >= 11 is 0. The number of hydrogen-bond donors (Lipinski definition) is 1. The number of nitro groups is 1. The SMILES string of the molecule is CCOC(OCC)[P@@](=O)(OCC)[C@@](C)(NS(=O)(=O)C(C)(C)C)c1ccc([N+](=O)[O-])cc1. The summed E-state index contributed by atoms with van der Waals surface area (Å²) in [6.07, 6.45) is 0. The Morgan fingerprint density at radius 3 is 1.87 bits per heavy atom. The molecule has 0 radical (unpaired) electrons. The van der Waals surface area contributed by atoms with Crippen molar-refractivity contribution in [2.75, 3.05) is 19.8 Å². The minimum Gasteiger partial charge on any atom is -0.345 e. The topological polar surface area (TPSA) is 134 Å². The lowest BCUT2D eigenvalue weighted by Gasteiger charge is -2.42. The van der Waals surface area contributed by atoms with Gasteiger partial charge >= 0.3 is 0 Å². The average molecular weight is 481 g/mol. The number of rotatable bonds is 12. The van der Waals surface area contributed by atoms with Gasteiger partial charge in [-0.1, -0.05) is 0 Å². The molecule has 0 aliphatic carbocycles. The van der Waals surface area contributed by atoms with Crippen molar-refractivity contribution in [2.45, 2.75) is 64.5 Å². The number of non-ortho nitro benzene ring substituents is 1. The van der Waals surface area contributed by atoms with Crippen LogP contribution in [0.4, 0.5) is 5.69 Å². The maximum atomic E-state index is 14.4. The number of sulfonamides is 1. The van der Waals surface area contributed by atoms with Crippen LogP contribution in [0.15, 0.2) is 24.3 Å². The zero-order chi connectivity index (χ0) is 24.1. The first kappa shape index (κ1) is 27.7. The molecule has 0 aliphatic heterocycles. The van der Waals surface area contributed by atoms with Gasteiger partial charge in [-0.3, -0.25) is 14.7 Å². The van der Waals surface area contributed by atoms with E-state index in [1.165, 1.54) is 52.0 Å². The Hall–Kier alpha value is -1.36. The van der Waals surface area contributed by atoms with Crippen molar-refractivity contribution in [3.05, 3.63) is 39.9 Å². The van der Waals surface area contributed by atoms with Gasteiger partial charge in [0.15, 0.2) is 0 Å². The Bertz CT molecular complexity index is 892. The van der Waals surface area contributed by atoms with E-state index in [-0.39, 0.29) is 31.1 Å². The highest BCUT2D eigenvalue weighted by Gasteiger charge is 2.56. The zero-order valence-corrected chi connectivity index (χ0v) is 20.8. The number of nitro benzene ring substituents is 1. The van der Waals surface area contributed by atoms with E-state index < -0.39 is 38.4 Å². The highest BCUT2D eigenvalue weighted by molar-refractivity contribution is 7.91. The molecule has 12 heteroatoms. The summed E-state index contributed by atoms with van der Waals surface area (Å²) in [7, 11) is -8.16. The van der Waals surface area contributed by atoms with Crippen molar-refractivity contribution in [3.63, 3.8) is 0 Å². The molecule has 178 valence electrons. The second-order valence-corrected chi connectivity index (χ2v) is 13.0. The molecule has 2 atom stereocenters. The molecule has 1 aromatic rings. The van der Waals surface area contributed by atoms with Crippen molar-refractivity contribution in [2.24, 2.45) is 0 Å².